The molecule has 15 heavy (non-hydrogen) atoms. The van der Waals surface area contributed by atoms with Crippen molar-refractivity contribution < 1.29 is 4.74 Å². The van der Waals surface area contributed by atoms with Crippen LogP contribution < -0.4 is 5.32 Å². The third-order valence-electron chi connectivity index (χ3n) is 4.01. The molecule has 1 aliphatic heterocycles. The van der Waals surface area contributed by atoms with Crippen molar-refractivity contribution in [3.8, 4) is 0 Å². The third-order valence-corrected chi connectivity index (χ3v) is 4.01. The second kappa shape index (κ2) is 4.84. The number of hydrogen-bond acceptors (Lipinski definition) is 2. The van der Waals surface area contributed by atoms with Gasteiger partial charge >= 0.3 is 0 Å². The van der Waals surface area contributed by atoms with E-state index in [2.05, 4.69) is 26.1 Å². The Morgan fingerprint density at radius 3 is 2.20 bits per heavy atom. The molecule has 88 valence electrons. The molecular weight excluding hydrogens is 186 g/mol. The van der Waals surface area contributed by atoms with Crippen LogP contribution in [0.15, 0.2) is 0 Å². The first-order valence-corrected chi connectivity index (χ1v) is 6.56. The van der Waals surface area contributed by atoms with E-state index in [1.165, 1.54) is 32.1 Å². The Labute approximate surface area is 93.8 Å². The van der Waals surface area contributed by atoms with E-state index < -0.39 is 0 Å². The fourth-order valence-corrected chi connectivity index (χ4v) is 3.24. The first-order valence-electron chi connectivity index (χ1n) is 6.56. The van der Waals surface area contributed by atoms with E-state index in [0.717, 1.165) is 12.0 Å². The fraction of sp³-hybridized carbons (Fsp3) is 1.00. The first-order chi connectivity index (χ1) is 7.15. The van der Waals surface area contributed by atoms with Gasteiger partial charge in [0.05, 0.1) is 12.2 Å². The first kappa shape index (κ1) is 11.4. The highest BCUT2D eigenvalue weighted by Crippen LogP contribution is 2.27. The molecule has 0 amide bonds. The molecule has 0 aromatic rings. The molecule has 1 heterocycles. The summed E-state index contributed by atoms with van der Waals surface area (Å²) in [6, 6.07) is 1.46. The van der Waals surface area contributed by atoms with E-state index in [-0.39, 0.29) is 0 Å². The summed E-state index contributed by atoms with van der Waals surface area (Å²) in [5.74, 6) is 0.874. The van der Waals surface area contributed by atoms with Gasteiger partial charge in [0.2, 0.25) is 0 Å². The molecule has 0 spiro atoms. The van der Waals surface area contributed by atoms with Gasteiger partial charge in [0.15, 0.2) is 0 Å². The van der Waals surface area contributed by atoms with E-state index in [1.807, 2.05) is 0 Å². The summed E-state index contributed by atoms with van der Waals surface area (Å²) in [7, 11) is 0. The van der Waals surface area contributed by atoms with Crippen LogP contribution in [0.3, 0.4) is 0 Å². The minimum Gasteiger partial charge on any atom is -0.375 e. The van der Waals surface area contributed by atoms with Gasteiger partial charge in [0.25, 0.3) is 0 Å². The van der Waals surface area contributed by atoms with Gasteiger partial charge in [0.1, 0.15) is 0 Å². The van der Waals surface area contributed by atoms with Gasteiger partial charge in [-0.1, -0.05) is 13.3 Å². The van der Waals surface area contributed by atoms with Gasteiger partial charge in [-0.25, -0.2) is 0 Å². The molecule has 0 aromatic carbocycles. The van der Waals surface area contributed by atoms with Crippen molar-refractivity contribution in [2.45, 2.75) is 77.2 Å². The molecule has 2 nitrogen and oxygen atoms in total. The molecule has 1 saturated carbocycles. The highest BCUT2D eigenvalue weighted by Gasteiger charge is 2.29. The SMILES string of the molecule is CC1CC(NC2CCCC2C)CC(C)O1. The van der Waals surface area contributed by atoms with Crippen LogP contribution in [-0.4, -0.2) is 24.3 Å². The van der Waals surface area contributed by atoms with E-state index in [1.54, 1.807) is 0 Å². The summed E-state index contributed by atoms with van der Waals surface area (Å²) >= 11 is 0. The zero-order valence-electron chi connectivity index (χ0n) is 10.3. The normalized spacial score (nSPS) is 47.0. The summed E-state index contributed by atoms with van der Waals surface area (Å²) in [5.41, 5.74) is 0. The monoisotopic (exact) mass is 211 g/mol. The molecule has 2 rings (SSSR count). The molecule has 1 N–H and O–H groups in total. The van der Waals surface area contributed by atoms with Crippen molar-refractivity contribution >= 4 is 0 Å². The van der Waals surface area contributed by atoms with Crippen molar-refractivity contribution in [1.29, 1.82) is 0 Å². The van der Waals surface area contributed by atoms with E-state index in [0.29, 0.717) is 18.2 Å². The lowest BCUT2D eigenvalue weighted by Gasteiger charge is -2.35. The molecule has 1 saturated heterocycles. The molecule has 0 radical (unpaired) electrons. The van der Waals surface area contributed by atoms with Gasteiger partial charge in [-0.3, -0.25) is 0 Å². The van der Waals surface area contributed by atoms with Crippen LogP contribution >= 0.6 is 0 Å². The molecular formula is C13H25NO. The Morgan fingerprint density at radius 1 is 1.00 bits per heavy atom. The topological polar surface area (TPSA) is 21.3 Å². The van der Waals surface area contributed by atoms with Gasteiger partial charge in [-0.2, -0.15) is 0 Å². The van der Waals surface area contributed by atoms with Gasteiger partial charge < -0.3 is 10.1 Å². The Kier molecular flexibility index (Phi) is 3.68. The second-order valence-electron chi connectivity index (χ2n) is 5.61. The summed E-state index contributed by atoms with van der Waals surface area (Å²) in [4.78, 5) is 0. The van der Waals surface area contributed by atoms with E-state index in [4.69, 9.17) is 4.74 Å². The molecule has 2 fully saturated rings. The molecule has 4 unspecified atom stereocenters. The van der Waals surface area contributed by atoms with Crippen molar-refractivity contribution in [1.82, 2.24) is 5.32 Å². The van der Waals surface area contributed by atoms with Gasteiger partial charge in [-0.05, 0) is 45.4 Å². The van der Waals surface area contributed by atoms with Gasteiger partial charge in [0, 0.05) is 12.1 Å². The molecule has 1 aliphatic carbocycles. The Morgan fingerprint density at radius 2 is 1.67 bits per heavy atom. The van der Waals surface area contributed by atoms with E-state index >= 15 is 0 Å². The van der Waals surface area contributed by atoms with E-state index in [9.17, 15) is 0 Å². The van der Waals surface area contributed by atoms with Crippen LogP contribution in [0.2, 0.25) is 0 Å². The summed E-state index contributed by atoms with van der Waals surface area (Å²) < 4.78 is 5.77. The number of hydrogen-bond donors (Lipinski definition) is 1. The second-order valence-corrected chi connectivity index (χ2v) is 5.61. The Bertz CT molecular complexity index is 197. The summed E-state index contributed by atoms with van der Waals surface area (Å²) in [6.45, 7) is 6.78. The number of nitrogens with one attached hydrogen (secondary N) is 1. The van der Waals surface area contributed by atoms with Crippen LogP contribution in [0.25, 0.3) is 0 Å². The highest BCUT2D eigenvalue weighted by atomic mass is 16.5. The molecule has 0 aromatic heterocycles. The largest absolute Gasteiger partial charge is 0.375 e. The molecule has 2 heteroatoms. The lowest BCUT2D eigenvalue weighted by Crippen LogP contribution is -2.46. The van der Waals surface area contributed by atoms with Crippen LogP contribution in [0.1, 0.15) is 52.9 Å². The zero-order chi connectivity index (χ0) is 10.8. The smallest absolute Gasteiger partial charge is 0.0565 e. The minimum absolute atomic E-state index is 0.433. The van der Waals surface area contributed by atoms with Crippen molar-refractivity contribution in [2.24, 2.45) is 5.92 Å². The number of rotatable bonds is 2. The van der Waals surface area contributed by atoms with Crippen LogP contribution in [0, 0.1) is 5.92 Å². The highest BCUT2D eigenvalue weighted by molar-refractivity contribution is 4.86. The molecule has 0 bridgehead atoms. The Balaban J connectivity index is 1.83. The maximum Gasteiger partial charge on any atom is 0.0565 e. The quantitative estimate of drug-likeness (QED) is 0.758. The molecule has 2 aliphatic rings. The lowest BCUT2D eigenvalue weighted by atomic mass is 9.97. The average Bonchev–Trinajstić information content (AvgIpc) is 2.50. The predicted molar refractivity (Wildman–Crippen MR) is 63.0 cm³/mol. The summed E-state index contributed by atoms with van der Waals surface area (Å²) in [5, 5.41) is 3.85. The van der Waals surface area contributed by atoms with Crippen molar-refractivity contribution in [2.75, 3.05) is 0 Å². The maximum absolute atomic E-state index is 5.77. The van der Waals surface area contributed by atoms with Gasteiger partial charge in [-0.15, -0.1) is 0 Å². The van der Waals surface area contributed by atoms with Crippen molar-refractivity contribution in [3.05, 3.63) is 0 Å². The lowest BCUT2D eigenvalue weighted by molar-refractivity contribution is -0.0440. The average molecular weight is 211 g/mol. The predicted octanol–water partition coefficient (Wildman–Crippen LogP) is 2.72. The van der Waals surface area contributed by atoms with Crippen LogP contribution in [-0.2, 0) is 4.74 Å². The van der Waals surface area contributed by atoms with Crippen molar-refractivity contribution in [3.63, 3.8) is 0 Å². The fourth-order valence-electron chi connectivity index (χ4n) is 3.24. The van der Waals surface area contributed by atoms with Crippen LogP contribution in [0.4, 0.5) is 0 Å². The van der Waals surface area contributed by atoms with Crippen LogP contribution in [0.5, 0.6) is 0 Å². The minimum atomic E-state index is 0.433. The standard InChI is InChI=1S/C13H25NO/c1-9-5-4-6-13(9)14-12-7-10(2)15-11(3)8-12/h9-14H,4-8H2,1-3H3. The molecule has 4 atom stereocenters. The zero-order valence-corrected chi connectivity index (χ0v) is 10.3. The third kappa shape index (κ3) is 2.94. The maximum atomic E-state index is 5.77. The Hall–Kier alpha value is -0.0800. The summed E-state index contributed by atoms with van der Waals surface area (Å²) in [6.07, 6.45) is 7.44. The number of ether oxygens (including phenoxy) is 1.